The molecule has 13 heteroatoms. The molecular formula is C18H30F3FeN3O6. The Bertz CT molecular complexity index is 613. The van der Waals surface area contributed by atoms with Crippen molar-refractivity contribution in [1.29, 1.82) is 0 Å². The second kappa shape index (κ2) is 17.1. The van der Waals surface area contributed by atoms with Gasteiger partial charge in [-0.15, -0.1) is 0 Å². The van der Waals surface area contributed by atoms with Crippen LogP contribution in [-0.2, 0) is 31.5 Å². The van der Waals surface area contributed by atoms with Crippen molar-refractivity contribution in [3.8, 4) is 0 Å². The Hall–Kier alpha value is -2.66. The van der Waals surface area contributed by atoms with Crippen LogP contribution in [0.3, 0.4) is 0 Å². The Labute approximate surface area is 190 Å². The van der Waals surface area contributed by atoms with Crippen LogP contribution >= 0.6 is 0 Å². The van der Waals surface area contributed by atoms with Crippen molar-refractivity contribution in [2.45, 2.75) is 20.8 Å². The quantitative estimate of drug-likeness (QED) is 0.313. The van der Waals surface area contributed by atoms with Gasteiger partial charge in [-0.2, -0.15) is 13.2 Å². The number of amides is 3. The summed E-state index contributed by atoms with van der Waals surface area (Å²) in [6, 6.07) is 0. The van der Waals surface area contributed by atoms with Gasteiger partial charge in [0.25, 0.3) is 17.7 Å². The van der Waals surface area contributed by atoms with Gasteiger partial charge in [-0.05, 0) is 20.8 Å². The van der Waals surface area contributed by atoms with Crippen molar-refractivity contribution in [2.24, 2.45) is 0 Å². The van der Waals surface area contributed by atoms with Crippen LogP contribution < -0.4 is 0 Å². The number of carbonyl (C=O) groups is 3. The fraction of sp³-hybridized carbons (Fsp3) is 0.500. The number of likely N-dealkylation sites (N-methyl/N-ethyl adjacent to an activating group) is 3. The SMILES string of the molecule is CC(O)=C(F)C(=O)N(C)C.CC(O)=C(F)C(=O)N(C)C.CC(O)=C(F)C(=O)N(C)C.[Fe]. The van der Waals surface area contributed by atoms with Crippen LogP contribution in [0.5, 0.6) is 0 Å². The Morgan fingerprint density at radius 3 is 0.677 bits per heavy atom. The summed E-state index contributed by atoms with van der Waals surface area (Å²) in [5, 5.41) is 25.5. The van der Waals surface area contributed by atoms with E-state index in [0.29, 0.717) is 0 Å². The van der Waals surface area contributed by atoms with Gasteiger partial charge in [0.05, 0.1) is 0 Å². The van der Waals surface area contributed by atoms with Crippen molar-refractivity contribution in [3.05, 3.63) is 34.8 Å². The van der Waals surface area contributed by atoms with Gasteiger partial charge < -0.3 is 30.0 Å². The first-order valence-electron chi connectivity index (χ1n) is 8.20. The smallest absolute Gasteiger partial charge is 0.285 e. The first-order chi connectivity index (χ1) is 13.4. The molecule has 3 N–H and O–H groups in total. The predicted octanol–water partition coefficient (Wildman–Crippen LogP) is 2.50. The summed E-state index contributed by atoms with van der Waals surface area (Å²) >= 11 is 0. The molecule has 3 amide bonds. The van der Waals surface area contributed by atoms with Crippen molar-refractivity contribution in [2.75, 3.05) is 42.3 Å². The topological polar surface area (TPSA) is 122 Å². The number of hydrogen-bond donors (Lipinski definition) is 3. The van der Waals surface area contributed by atoms with E-state index >= 15 is 0 Å². The number of rotatable bonds is 3. The molecule has 0 aromatic heterocycles. The third kappa shape index (κ3) is 15.8. The summed E-state index contributed by atoms with van der Waals surface area (Å²) in [6.07, 6.45) is 0. The molecule has 0 radical (unpaired) electrons. The maximum absolute atomic E-state index is 12.4. The molecule has 0 aliphatic rings. The first kappa shape index (κ1) is 35.8. The molecule has 0 atom stereocenters. The van der Waals surface area contributed by atoms with Crippen LogP contribution in [0.4, 0.5) is 13.2 Å². The summed E-state index contributed by atoms with van der Waals surface area (Å²) in [4.78, 5) is 35.0. The van der Waals surface area contributed by atoms with Gasteiger partial charge >= 0.3 is 0 Å². The maximum Gasteiger partial charge on any atom is 0.285 e. The summed E-state index contributed by atoms with van der Waals surface area (Å²) in [6.45, 7) is 3.37. The van der Waals surface area contributed by atoms with E-state index in [4.69, 9.17) is 15.3 Å². The number of carbonyl (C=O) groups excluding carboxylic acids is 3. The Morgan fingerprint density at radius 2 is 0.645 bits per heavy atom. The minimum atomic E-state index is -1.11. The fourth-order valence-electron chi connectivity index (χ4n) is 1.05. The van der Waals surface area contributed by atoms with Crippen LogP contribution in [0.1, 0.15) is 20.8 Å². The number of allylic oxidation sites excluding steroid dienone is 3. The summed E-state index contributed by atoms with van der Waals surface area (Å²) < 4.78 is 37.2. The van der Waals surface area contributed by atoms with Crippen LogP contribution in [0.2, 0.25) is 0 Å². The van der Waals surface area contributed by atoms with Crippen LogP contribution in [-0.4, -0.2) is 90.0 Å². The average molecular weight is 497 g/mol. The Kier molecular flexibility index (Phi) is 19.7. The molecule has 0 rings (SSSR count). The Morgan fingerprint density at radius 1 is 0.516 bits per heavy atom. The second-order valence-electron chi connectivity index (χ2n) is 6.30. The summed E-state index contributed by atoms with van der Waals surface area (Å²) in [7, 11) is 8.45. The van der Waals surface area contributed by atoms with Gasteiger partial charge in [0.15, 0.2) is 0 Å². The molecular weight excluding hydrogens is 467 g/mol. The van der Waals surface area contributed by atoms with Crippen LogP contribution in [0.15, 0.2) is 34.8 Å². The number of halogens is 3. The molecule has 0 spiro atoms. The normalized spacial score (nSPS) is 12.0. The van der Waals surface area contributed by atoms with E-state index in [9.17, 15) is 27.6 Å². The predicted molar refractivity (Wildman–Crippen MR) is 105 cm³/mol. The number of hydrogen-bond acceptors (Lipinski definition) is 6. The van der Waals surface area contributed by atoms with Gasteiger partial charge in [0.2, 0.25) is 17.5 Å². The fourth-order valence-corrected chi connectivity index (χ4v) is 1.05. The van der Waals surface area contributed by atoms with E-state index in [1.165, 1.54) is 42.3 Å². The summed E-state index contributed by atoms with van der Waals surface area (Å²) in [5.74, 6) is -7.53. The largest absolute Gasteiger partial charge is 0.509 e. The number of nitrogens with zero attached hydrogens (tertiary/aromatic N) is 3. The molecule has 0 bridgehead atoms. The minimum Gasteiger partial charge on any atom is -0.509 e. The molecule has 0 aliphatic carbocycles. The van der Waals surface area contributed by atoms with Crippen LogP contribution in [0.25, 0.3) is 0 Å². The van der Waals surface area contributed by atoms with Crippen molar-refractivity contribution >= 4 is 17.7 Å². The van der Waals surface area contributed by atoms with Gasteiger partial charge in [0, 0.05) is 59.4 Å². The zero-order valence-corrected chi connectivity index (χ0v) is 20.0. The van der Waals surface area contributed by atoms with Gasteiger partial charge in [-0.3, -0.25) is 14.4 Å². The van der Waals surface area contributed by atoms with E-state index in [0.717, 1.165) is 35.5 Å². The van der Waals surface area contributed by atoms with Crippen LogP contribution in [0, 0.1) is 0 Å². The zero-order chi connectivity index (χ0) is 24.9. The third-order valence-electron chi connectivity index (χ3n) is 2.73. The second-order valence-corrected chi connectivity index (χ2v) is 6.30. The molecule has 0 aliphatic heterocycles. The van der Waals surface area contributed by atoms with E-state index in [1.807, 2.05) is 0 Å². The molecule has 0 aromatic carbocycles. The average Bonchev–Trinajstić information content (AvgIpc) is 2.64. The van der Waals surface area contributed by atoms with Crippen molar-refractivity contribution in [3.63, 3.8) is 0 Å². The molecule has 0 unspecified atom stereocenters. The standard InChI is InChI=1S/3C6H10FNO2.Fe/c3*1-4(9)5(7)6(10)8(2)3;/h3*9H,1-3H3;. The van der Waals surface area contributed by atoms with Crippen molar-refractivity contribution < 1.29 is 59.9 Å². The number of aliphatic hydroxyl groups excluding tert-OH is 3. The van der Waals surface area contributed by atoms with E-state index in [1.54, 1.807) is 0 Å². The van der Waals surface area contributed by atoms with Gasteiger partial charge in [0.1, 0.15) is 17.3 Å². The molecule has 31 heavy (non-hydrogen) atoms. The van der Waals surface area contributed by atoms with E-state index in [2.05, 4.69) is 0 Å². The molecule has 0 heterocycles. The monoisotopic (exact) mass is 497 g/mol. The third-order valence-corrected chi connectivity index (χ3v) is 2.73. The minimum absolute atomic E-state index is 0. The zero-order valence-electron chi connectivity index (χ0n) is 18.9. The molecule has 0 aromatic rings. The van der Waals surface area contributed by atoms with E-state index < -0.39 is 52.5 Å². The van der Waals surface area contributed by atoms with Crippen molar-refractivity contribution in [1.82, 2.24) is 14.7 Å². The molecule has 0 fully saturated rings. The van der Waals surface area contributed by atoms with Gasteiger partial charge in [-0.25, -0.2) is 0 Å². The Balaban J connectivity index is -0.000000174. The molecule has 0 saturated heterocycles. The molecule has 182 valence electrons. The first-order valence-corrected chi connectivity index (χ1v) is 8.20. The summed E-state index contributed by atoms with van der Waals surface area (Å²) in [5.41, 5.74) is 0. The maximum atomic E-state index is 12.4. The molecule has 9 nitrogen and oxygen atoms in total. The van der Waals surface area contributed by atoms with Gasteiger partial charge in [-0.1, -0.05) is 0 Å². The van der Waals surface area contributed by atoms with E-state index in [-0.39, 0.29) is 17.1 Å². The molecule has 0 saturated carbocycles. The number of aliphatic hydroxyl groups is 3.